The molecule has 4 nitrogen and oxygen atoms in total. The van der Waals surface area contributed by atoms with Gasteiger partial charge >= 0.3 is 0 Å². The zero-order valence-corrected chi connectivity index (χ0v) is 18.1. The number of rotatable bonds is 11. The molecule has 2 N–H and O–H groups in total. The molecule has 0 amide bonds. The summed E-state index contributed by atoms with van der Waals surface area (Å²) in [7, 11) is 1.67. The Hall–Kier alpha value is -2.89. The number of hydrogen-bond donors (Lipinski definition) is 2. The average molecular weight is 424 g/mol. The minimum absolute atomic E-state index is 0.0875. The van der Waals surface area contributed by atoms with Crippen molar-refractivity contribution in [1.82, 2.24) is 5.32 Å². The first-order valence-corrected chi connectivity index (χ1v) is 10.6. The second-order valence-corrected chi connectivity index (χ2v) is 7.59. The van der Waals surface area contributed by atoms with Crippen molar-refractivity contribution >= 4 is 0 Å². The van der Waals surface area contributed by atoms with E-state index in [1.807, 2.05) is 37.3 Å². The maximum absolute atomic E-state index is 13.7. The Morgan fingerprint density at radius 2 is 1.74 bits per heavy atom. The zero-order valence-electron chi connectivity index (χ0n) is 18.1. The highest BCUT2D eigenvalue weighted by molar-refractivity contribution is 5.30. The minimum Gasteiger partial charge on any atom is -0.497 e. The molecule has 0 aliphatic rings. The molecule has 0 spiro atoms. The molecule has 2 unspecified atom stereocenters. The van der Waals surface area contributed by atoms with E-state index in [0.29, 0.717) is 11.3 Å². The summed E-state index contributed by atoms with van der Waals surface area (Å²) in [6.07, 6.45) is 1.28. The van der Waals surface area contributed by atoms with E-state index in [-0.39, 0.29) is 18.5 Å². The van der Waals surface area contributed by atoms with Crippen molar-refractivity contribution in [2.75, 3.05) is 13.7 Å². The third-order valence-electron chi connectivity index (χ3n) is 5.29. The van der Waals surface area contributed by atoms with Crippen LogP contribution in [0.4, 0.5) is 4.39 Å². The van der Waals surface area contributed by atoms with E-state index in [4.69, 9.17) is 9.47 Å². The van der Waals surface area contributed by atoms with Gasteiger partial charge in [0.05, 0.1) is 13.2 Å². The largest absolute Gasteiger partial charge is 0.497 e. The molecule has 3 aromatic rings. The van der Waals surface area contributed by atoms with E-state index in [0.717, 1.165) is 30.7 Å². The Kier molecular flexibility index (Phi) is 8.44. The number of hydrogen-bond acceptors (Lipinski definition) is 4. The van der Waals surface area contributed by atoms with Gasteiger partial charge in [-0.05, 0) is 67.8 Å². The van der Waals surface area contributed by atoms with Crippen molar-refractivity contribution < 1.29 is 19.0 Å². The van der Waals surface area contributed by atoms with Crippen LogP contribution in [0.25, 0.3) is 0 Å². The summed E-state index contributed by atoms with van der Waals surface area (Å²) in [6, 6.07) is 21.8. The first kappa shape index (κ1) is 22.8. The SMILES string of the molecule is COc1cccc(CCCNC(C)C(O)c2ccc(OCc3ccccc3F)cc2)c1. The topological polar surface area (TPSA) is 50.7 Å². The van der Waals surface area contributed by atoms with Gasteiger partial charge in [-0.1, -0.05) is 42.5 Å². The number of aliphatic hydroxyl groups excluding tert-OH is 1. The summed E-state index contributed by atoms with van der Waals surface area (Å²) in [5.41, 5.74) is 2.56. The number of ether oxygens (including phenoxy) is 2. The summed E-state index contributed by atoms with van der Waals surface area (Å²) < 4.78 is 24.6. The Balaban J connectivity index is 1.43. The number of halogens is 1. The van der Waals surface area contributed by atoms with E-state index < -0.39 is 6.10 Å². The molecule has 0 fully saturated rings. The van der Waals surface area contributed by atoms with Crippen LogP contribution in [0.1, 0.15) is 36.1 Å². The Bertz CT molecular complexity index is 945. The molecule has 2 atom stereocenters. The molecule has 3 aromatic carbocycles. The third-order valence-corrected chi connectivity index (χ3v) is 5.29. The third kappa shape index (κ3) is 6.81. The fourth-order valence-electron chi connectivity index (χ4n) is 3.39. The molecule has 5 heteroatoms. The maximum atomic E-state index is 13.7. The fourth-order valence-corrected chi connectivity index (χ4v) is 3.39. The molecule has 0 radical (unpaired) electrons. The summed E-state index contributed by atoms with van der Waals surface area (Å²) in [5, 5.41) is 14.0. The summed E-state index contributed by atoms with van der Waals surface area (Å²) in [6.45, 7) is 2.94. The molecule has 0 bridgehead atoms. The molecule has 3 rings (SSSR count). The van der Waals surface area contributed by atoms with Crippen LogP contribution in [-0.4, -0.2) is 24.8 Å². The lowest BCUT2D eigenvalue weighted by atomic mass is 10.0. The lowest BCUT2D eigenvalue weighted by molar-refractivity contribution is 0.136. The summed E-state index contributed by atoms with van der Waals surface area (Å²) >= 11 is 0. The zero-order chi connectivity index (χ0) is 22.1. The summed E-state index contributed by atoms with van der Waals surface area (Å²) in [4.78, 5) is 0. The van der Waals surface area contributed by atoms with Crippen molar-refractivity contribution in [1.29, 1.82) is 0 Å². The molecule has 0 aliphatic heterocycles. The number of aliphatic hydroxyl groups is 1. The second kappa shape index (κ2) is 11.5. The normalized spacial score (nSPS) is 12.9. The van der Waals surface area contributed by atoms with Gasteiger partial charge in [-0.25, -0.2) is 4.39 Å². The maximum Gasteiger partial charge on any atom is 0.129 e. The van der Waals surface area contributed by atoms with Crippen LogP contribution in [0.5, 0.6) is 11.5 Å². The molecule has 0 saturated carbocycles. The van der Waals surface area contributed by atoms with Crippen LogP contribution in [0.15, 0.2) is 72.8 Å². The predicted octanol–water partition coefficient (Wildman–Crippen LogP) is 5.06. The van der Waals surface area contributed by atoms with Gasteiger partial charge in [0, 0.05) is 11.6 Å². The fraction of sp³-hybridized carbons (Fsp3) is 0.308. The number of methoxy groups -OCH3 is 1. The van der Waals surface area contributed by atoms with Gasteiger partial charge in [-0.15, -0.1) is 0 Å². The lowest BCUT2D eigenvalue weighted by Gasteiger charge is -2.21. The van der Waals surface area contributed by atoms with E-state index >= 15 is 0 Å². The van der Waals surface area contributed by atoms with Crippen LogP contribution in [-0.2, 0) is 13.0 Å². The van der Waals surface area contributed by atoms with Gasteiger partial charge in [-0.3, -0.25) is 0 Å². The van der Waals surface area contributed by atoms with Gasteiger partial charge < -0.3 is 19.9 Å². The summed E-state index contributed by atoms with van der Waals surface area (Å²) in [5.74, 6) is 1.23. The Morgan fingerprint density at radius 3 is 2.48 bits per heavy atom. The standard InChI is InChI=1S/C26H30FNO3/c1-19(28-16-6-8-20-7-5-10-24(17-20)30-2)26(29)21-12-14-23(15-13-21)31-18-22-9-3-4-11-25(22)27/h3-5,7,9-15,17,19,26,28-29H,6,8,16,18H2,1-2H3. The highest BCUT2D eigenvalue weighted by Gasteiger charge is 2.15. The molecular formula is C26H30FNO3. The Morgan fingerprint density at radius 1 is 0.968 bits per heavy atom. The highest BCUT2D eigenvalue weighted by Crippen LogP contribution is 2.21. The predicted molar refractivity (Wildman–Crippen MR) is 121 cm³/mol. The van der Waals surface area contributed by atoms with Crippen molar-refractivity contribution in [3.63, 3.8) is 0 Å². The smallest absolute Gasteiger partial charge is 0.129 e. The number of nitrogens with one attached hydrogen (secondary N) is 1. The first-order chi connectivity index (χ1) is 15.1. The van der Waals surface area contributed by atoms with Gasteiger partial charge in [-0.2, -0.15) is 0 Å². The number of benzene rings is 3. The van der Waals surface area contributed by atoms with Gasteiger partial charge in [0.2, 0.25) is 0 Å². The van der Waals surface area contributed by atoms with Crippen LogP contribution < -0.4 is 14.8 Å². The molecule has 0 aromatic heterocycles. The second-order valence-electron chi connectivity index (χ2n) is 7.59. The van der Waals surface area contributed by atoms with Crippen LogP contribution >= 0.6 is 0 Å². The van der Waals surface area contributed by atoms with E-state index in [2.05, 4.69) is 11.4 Å². The quantitative estimate of drug-likeness (QED) is 0.424. The van der Waals surface area contributed by atoms with Crippen LogP contribution in [0, 0.1) is 5.82 Å². The van der Waals surface area contributed by atoms with Crippen molar-refractivity contribution in [2.45, 2.75) is 38.5 Å². The first-order valence-electron chi connectivity index (χ1n) is 10.6. The monoisotopic (exact) mass is 423 g/mol. The molecule has 0 heterocycles. The molecule has 164 valence electrons. The minimum atomic E-state index is -0.627. The molecular weight excluding hydrogens is 393 g/mol. The Labute approximate surface area is 183 Å². The van der Waals surface area contributed by atoms with E-state index in [9.17, 15) is 9.50 Å². The van der Waals surface area contributed by atoms with Crippen molar-refractivity contribution in [2.24, 2.45) is 0 Å². The van der Waals surface area contributed by atoms with Gasteiger partial charge in [0.15, 0.2) is 0 Å². The average Bonchev–Trinajstić information content (AvgIpc) is 2.81. The highest BCUT2D eigenvalue weighted by atomic mass is 19.1. The lowest BCUT2D eigenvalue weighted by Crippen LogP contribution is -2.33. The molecule has 0 aliphatic carbocycles. The van der Waals surface area contributed by atoms with Crippen molar-refractivity contribution in [3.8, 4) is 11.5 Å². The van der Waals surface area contributed by atoms with E-state index in [1.54, 1.807) is 37.4 Å². The van der Waals surface area contributed by atoms with Crippen LogP contribution in [0.3, 0.4) is 0 Å². The van der Waals surface area contributed by atoms with E-state index in [1.165, 1.54) is 11.6 Å². The van der Waals surface area contributed by atoms with Gasteiger partial charge in [0.1, 0.15) is 23.9 Å². The molecule has 0 saturated heterocycles. The van der Waals surface area contributed by atoms with Crippen LogP contribution in [0.2, 0.25) is 0 Å². The number of aryl methyl sites for hydroxylation is 1. The van der Waals surface area contributed by atoms with Crippen molar-refractivity contribution in [3.05, 3.63) is 95.3 Å². The van der Waals surface area contributed by atoms with Gasteiger partial charge in [0.25, 0.3) is 0 Å². The molecule has 31 heavy (non-hydrogen) atoms.